The lowest BCUT2D eigenvalue weighted by Gasteiger charge is -2.47. The number of fused-ring (bicyclic) bond motifs is 2. The van der Waals surface area contributed by atoms with Crippen molar-refractivity contribution in [2.24, 2.45) is 11.7 Å². The third kappa shape index (κ3) is 4.08. The SMILES string of the molecule is CCCN(CC(=O)OCC)C(=O)C(N)C1C[C@@H]2c3cccc4[nH]cc(c34)C[C@H]2N(C)C1. The minimum absolute atomic E-state index is 0.0329. The van der Waals surface area contributed by atoms with Gasteiger partial charge in [0.05, 0.1) is 12.6 Å². The van der Waals surface area contributed by atoms with Crippen LogP contribution in [0.1, 0.15) is 43.7 Å². The van der Waals surface area contributed by atoms with E-state index >= 15 is 0 Å². The summed E-state index contributed by atoms with van der Waals surface area (Å²) in [5.74, 6) is -0.144. The fourth-order valence-corrected chi connectivity index (χ4v) is 5.56. The molecule has 7 heteroatoms. The first kappa shape index (κ1) is 21.8. The van der Waals surface area contributed by atoms with Crippen LogP contribution < -0.4 is 5.73 Å². The van der Waals surface area contributed by atoms with E-state index < -0.39 is 6.04 Å². The van der Waals surface area contributed by atoms with Crippen LogP contribution in [0.3, 0.4) is 0 Å². The normalized spacial score (nSPS) is 23.9. The van der Waals surface area contributed by atoms with Crippen molar-refractivity contribution < 1.29 is 14.3 Å². The van der Waals surface area contributed by atoms with Gasteiger partial charge < -0.3 is 25.3 Å². The third-order valence-electron chi connectivity index (χ3n) is 6.98. The van der Waals surface area contributed by atoms with Crippen LogP contribution in [0.15, 0.2) is 24.4 Å². The molecule has 7 nitrogen and oxygen atoms in total. The van der Waals surface area contributed by atoms with Gasteiger partial charge in [0.1, 0.15) is 6.54 Å². The second-order valence-corrected chi connectivity index (χ2v) is 8.99. The summed E-state index contributed by atoms with van der Waals surface area (Å²) in [6.07, 6.45) is 4.80. The van der Waals surface area contributed by atoms with Gasteiger partial charge in [-0.1, -0.05) is 19.1 Å². The molecule has 2 heterocycles. The van der Waals surface area contributed by atoms with Gasteiger partial charge in [-0.25, -0.2) is 0 Å². The Morgan fingerprint density at radius 2 is 2.16 bits per heavy atom. The number of H-pyrrole nitrogens is 1. The number of ether oxygens (including phenoxy) is 1. The van der Waals surface area contributed by atoms with Crippen LogP contribution >= 0.6 is 0 Å². The molecule has 2 aliphatic rings. The van der Waals surface area contributed by atoms with Gasteiger partial charge in [-0.2, -0.15) is 0 Å². The molecule has 4 atom stereocenters. The summed E-state index contributed by atoms with van der Waals surface area (Å²) in [4.78, 5) is 32.6. The number of hydrogen-bond acceptors (Lipinski definition) is 5. The molecular formula is C24H34N4O3. The van der Waals surface area contributed by atoms with Crippen LogP contribution in [0.2, 0.25) is 0 Å². The van der Waals surface area contributed by atoms with Gasteiger partial charge in [-0.3, -0.25) is 9.59 Å². The summed E-state index contributed by atoms with van der Waals surface area (Å²) in [6, 6.07) is 6.25. The van der Waals surface area contributed by atoms with Crippen molar-refractivity contribution in [3.63, 3.8) is 0 Å². The summed E-state index contributed by atoms with van der Waals surface area (Å²) >= 11 is 0. The van der Waals surface area contributed by atoms with Crippen molar-refractivity contribution in [2.45, 2.75) is 51.1 Å². The Balaban J connectivity index is 1.54. The summed E-state index contributed by atoms with van der Waals surface area (Å²) in [7, 11) is 2.14. The minimum Gasteiger partial charge on any atom is -0.465 e. The predicted molar refractivity (Wildman–Crippen MR) is 121 cm³/mol. The second kappa shape index (κ2) is 9.01. The summed E-state index contributed by atoms with van der Waals surface area (Å²) in [5, 5.41) is 1.34. The van der Waals surface area contributed by atoms with E-state index in [1.807, 2.05) is 6.92 Å². The van der Waals surface area contributed by atoms with E-state index in [9.17, 15) is 9.59 Å². The molecule has 1 aromatic heterocycles. The number of nitrogens with zero attached hydrogens (tertiary/aromatic N) is 2. The number of hydrogen-bond donors (Lipinski definition) is 2. The van der Waals surface area contributed by atoms with E-state index in [-0.39, 0.29) is 24.3 Å². The molecule has 2 aromatic rings. The number of esters is 1. The Hall–Kier alpha value is -2.38. The number of aromatic amines is 1. The smallest absolute Gasteiger partial charge is 0.325 e. The highest BCUT2D eigenvalue weighted by Gasteiger charge is 2.42. The molecule has 0 spiro atoms. The highest BCUT2D eigenvalue weighted by atomic mass is 16.5. The van der Waals surface area contributed by atoms with Gasteiger partial charge >= 0.3 is 5.97 Å². The van der Waals surface area contributed by atoms with Gasteiger partial charge in [-0.15, -0.1) is 0 Å². The average molecular weight is 427 g/mol. The lowest BCUT2D eigenvalue weighted by Crippen LogP contribution is -2.56. The number of aromatic nitrogens is 1. The Kier molecular flexibility index (Phi) is 6.34. The number of nitrogens with one attached hydrogen (secondary N) is 1. The molecule has 1 aromatic carbocycles. The van der Waals surface area contributed by atoms with Gasteiger partial charge in [0.25, 0.3) is 0 Å². The Morgan fingerprint density at radius 3 is 2.90 bits per heavy atom. The highest BCUT2D eigenvalue weighted by molar-refractivity contribution is 5.89. The largest absolute Gasteiger partial charge is 0.465 e. The molecule has 0 saturated carbocycles. The standard InChI is InChI=1S/C24H34N4O3/c1-4-9-28(14-21(29)31-5-2)24(30)23(25)16-10-18-17-7-6-8-19-22(17)15(12-26-19)11-20(18)27(3)13-16/h6-8,12,16,18,20,23,26H,4-5,9-11,13-14,25H2,1-3H3/t16?,18-,20-,23?/m1/s1. The van der Waals surface area contributed by atoms with Crippen molar-refractivity contribution in [3.8, 4) is 0 Å². The van der Waals surface area contributed by atoms with Crippen LogP contribution in [0, 0.1) is 5.92 Å². The molecule has 0 bridgehead atoms. The number of nitrogens with two attached hydrogens (primary N) is 1. The van der Waals surface area contributed by atoms with Gasteiger partial charge in [0, 0.05) is 42.1 Å². The van der Waals surface area contributed by atoms with E-state index in [1.165, 1.54) is 22.0 Å². The van der Waals surface area contributed by atoms with Crippen LogP contribution in [0.25, 0.3) is 10.9 Å². The van der Waals surface area contributed by atoms with Crippen LogP contribution in [-0.4, -0.2) is 72.0 Å². The molecule has 4 rings (SSSR count). The number of carbonyl (C=O) groups is 2. The number of amides is 1. The first-order valence-electron chi connectivity index (χ1n) is 11.4. The van der Waals surface area contributed by atoms with Gasteiger partial charge in [-0.05, 0) is 56.3 Å². The van der Waals surface area contributed by atoms with Crippen molar-refractivity contribution in [2.75, 3.05) is 33.3 Å². The number of piperidine rings is 1. The maximum atomic E-state index is 13.3. The minimum atomic E-state index is -0.629. The number of likely N-dealkylation sites (tertiary alicyclic amines) is 1. The van der Waals surface area contributed by atoms with E-state index in [0.717, 1.165) is 25.8 Å². The predicted octanol–water partition coefficient (Wildman–Crippen LogP) is 2.26. The Morgan fingerprint density at radius 1 is 1.35 bits per heavy atom. The van der Waals surface area contributed by atoms with Crippen LogP contribution in [-0.2, 0) is 20.7 Å². The zero-order valence-electron chi connectivity index (χ0n) is 18.8. The molecule has 168 valence electrons. The Bertz CT molecular complexity index is 955. The third-order valence-corrected chi connectivity index (χ3v) is 6.98. The van der Waals surface area contributed by atoms with E-state index in [4.69, 9.17) is 10.5 Å². The molecular weight excluding hydrogens is 392 g/mol. The van der Waals surface area contributed by atoms with Crippen molar-refractivity contribution in [3.05, 3.63) is 35.5 Å². The lowest BCUT2D eigenvalue weighted by atomic mass is 9.71. The molecule has 1 aliphatic heterocycles. The number of benzene rings is 1. The highest BCUT2D eigenvalue weighted by Crippen LogP contribution is 2.44. The van der Waals surface area contributed by atoms with E-state index in [0.29, 0.717) is 25.1 Å². The lowest BCUT2D eigenvalue weighted by molar-refractivity contribution is -0.150. The topological polar surface area (TPSA) is 91.7 Å². The maximum absolute atomic E-state index is 13.3. The Labute approximate surface area is 183 Å². The molecule has 1 aliphatic carbocycles. The number of rotatable bonds is 7. The second-order valence-electron chi connectivity index (χ2n) is 8.99. The summed E-state index contributed by atoms with van der Waals surface area (Å²) in [6.45, 7) is 5.32. The molecule has 0 radical (unpaired) electrons. The maximum Gasteiger partial charge on any atom is 0.325 e. The zero-order chi connectivity index (χ0) is 22.1. The van der Waals surface area contributed by atoms with Gasteiger partial charge in [0.2, 0.25) is 5.91 Å². The fraction of sp³-hybridized carbons (Fsp3) is 0.583. The molecule has 3 N–H and O–H groups in total. The molecule has 31 heavy (non-hydrogen) atoms. The quantitative estimate of drug-likeness (QED) is 0.663. The van der Waals surface area contributed by atoms with E-state index in [2.05, 4.69) is 41.3 Å². The monoisotopic (exact) mass is 426 g/mol. The average Bonchev–Trinajstić information content (AvgIpc) is 3.17. The summed E-state index contributed by atoms with van der Waals surface area (Å²) < 4.78 is 5.05. The molecule has 1 saturated heterocycles. The molecule has 1 fully saturated rings. The van der Waals surface area contributed by atoms with Crippen molar-refractivity contribution >= 4 is 22.8 Å². The van der Waals surface area contributed by atoms with Crippen LogP contribution in [0.4, 0.5) is 0 Å². The van der Waals surface area contributed by atoms with Crippen LogP contribution in [0.5, 0.6) is 0 Å². The first-order valence-corrected chi connectivity index (χ1v) is 11.4. The zero-order valence-corrected chi connectivity index (χ0v) is 18.8. The number of likely N-dealkylation sites (N-methyl/N-ethyl adjacent to an activating group) is 1. The fourth-order valence-electron chi connectivity index (χ4n) is 5.56. The van der Waals surface area contributed by atoms with Crippen molar-refractivity contribution in [1.29, 1.82) is 0 Å². The van der Waals surface area contributed by atoms with E-state index in [1.54, 1.807) is 11.8 Å². The summed E-state index contributed by atoms with van der Waals surface area (Å²) in [5.41, 5.74) is 10.5. The number of carbonyl (C=O) groups excluding carboxylic acids is 2. The first-order chi connectivity index (χ1) is 14.9. The van der Waals surface area contributed by atoms with Gasteiger partial charge in [0.15, 0.2) is 0 Å². The van der Waals surface area contributed by atoms with Crippen molar-refractivity contribution in [1.82, 2.24) is 14.8 Å². The molecule has 2 unspecified atom stereocenters. The molecule has 1 amide bonds.